The number of aromatic nitrogens is 1. The number of fused-ring (bicyclic) bond motifs is 1. The van der Waals surface area contributed by atoms with Crippen LogP contribution in [0.1, 0.15) is 24.1 Å². The van der Waals surface area contributed by atoms with Gasteiger partial charge >= 0.3 is 6.61 Å². The third kappa shape index (κ3) is 2.47. The summed E-state index contributed by atoms with van der Waals surface area (Å²) >= 11 is 0. The summed E-state index contributed by atoms with van der Waals surface area (Å²) in [6.07, 6.45) is 0.750. The summed E-state index contributed by atoms with van der Waals surface area (Å²) < 4.78 is 28.4. The third-order valence-corrected chi connectivity index (χ3v) is 2.71. The van der Waals surface area contributed by atoms with Crippen molar-refractivity contribution in [2.45, 2.75) is 25.9 Å². The molecule has 2 heterocycles. The van der Waals surface area contributed by atoms with E-state index in [1.165, 1.54) is 6.07 Å². The molecular formula is C11H14F2N2O. The minimum Gasteiger partial charge on any atom is -0.417 e. The molecule has 1 N–H and O–H groups in total. The van der Waals surface area contributed by atoms with Gasteiger partial charge in [-0.25, -0.2) is 4.98 Å². The van der Waals surface area contributed by atoms with Gasteiger partial charge in [0.25, 0.3) is 0 Å². The summed E-state index contributed by atoms with van der Waals surface area (Å²) in [6, 6.07) is 3.34. The number of alkyl halides is 2. The zero-order valence-electron chi connectivity index (χ0n) is 9.04. The molecule has 0 fully saturated rings. The van der Waals surface area contributed by atoms with Crippen LogP contribution in [0.3, 0.4) is 0 Å². The Morgan fingerprint density at radius 3 is 3.06 bits per heavy atom. The molecule has 1 aromatic heterocycles. The lowest BCUT2D eigenvalue weighted by atomic mass is 10.00. The highest BCUT2D eigenvalue weighted by Gasteiger charge is 2.17. The van der Waals surface area contributed by atoms with E-state index in [-0.39, 0.29) is 5.88 Å². The predicted octanol–water partition coefficient (Wildman–Crippen LogP) is 1.93. The lowest BCUT2D eigenvalue weighted by Gasteiger charge is -2.12. The van der Waals surface area contributed by atoms with Crippen LogP contribution in [-0.2, 0) is 6.42 Å². The summed E-state index contributed by atoms with van der Waals surface area (Å²) in [5, 5.41) is 3.28. The van der Waals surface area contributed by atoms with E-state index in [2.05, 4.69) is 22.0 Å². The SMILES string of the molecule is CC1CNCCc2nc(OC(F)F)ccc21. The Morgan fingerprint density at radius 2 is 2.31 bits per heavy atom. The van der Waals surface area contributed by atoms with Crippen molar-refractivity contribution >= 4 is 0 Å². The van der Waals surface area contributed by atoms with Gasteiger partial charge in [0, 0.05) is 31.3 Å². The van der Waals surface area contributed by atoms with Crippen molar-refractivity contribution in [3.05, 3.63) is 23.4 Å². The second-order valence-electron chi connectivity index (χ2n) is 3.92. The highest BCUT2D eigenvalue weighted by molar-refractivity contribution is 5.30. The van der Waals surface area contributed by atoms with Gasteiger partial charge in [0.15, 0.2) is 0 Å². The number of halogens is 2. The van der Waals surface area contributed by atoms with Crippen molar-refractivity contribution in [3.8, 4) is 5.88 Å². The van der Waals surface area contributed by atoms with E-state index in [1.54, 1.807) is 0 Å². The molecule has 0 aromatic carbocycles. The molecule has 0 amide bonds. The molecule has 2 rings (SSSR count). The monoisotopic (exact) mass is 228 g/mol. The van der Waals surface area contributed by atoms with Crippen LogP contribution >= 0.6 is 0 Å². The summed E-state index contributed by atoms with van der Waals surface area (Å²) in [5.41, 5.74) is 1.97. The summed E-state index contributed by atoms with van der Waals surface area (Å²) in [4.78, 5) is 4.12. The molecular weight excluding hydrogens is 214 g/mol. The van der Waals surface area contributed by atoms with Gasteiger partial charge in [-0.15, -0.1) is 0 Å². The van der Waals surface area contributed by atoms with Crippen molar-refractivity contribution in [3.63, 3.8) is 0 Å². The van der Waals surface area contributed by atoms with Crippen LogP contribution in [0, 0.1) is 0 Å². The quantitative estimate of drug-likeness (QED) is 0.839. The molecule has 3 nitrogen and oxygen atoms in total. The molecule has 0 bridgehead atoms. The molecule has 1 unspecified atom stereocenters. The largest absolute Gasteiger partial charge is 0.417 e. The summed E-state index contributed by atoms with van der Waals surface area (Å²) in [7, 11) is 0. The molecule has 0 radical (unpaired) electrons. The van der Waals surface area contributed by atoms with Crippen LogP contribution in [0.4, 0.5) is 8.78 Å². The number of hydrogen-bond donors (Lipinski definition) is 1. The van der Waals surface area contributed by atoms with E-state index in [0.717, 1.165) is 30.8 Å². The average molecular weight is 228 g/mol. The Labute approximate surface area is 92.8 Å². The molecule has 5 heteroatoms. The van der Waals surface area contributed by atoms with Gasteiger partial charge in [0.05, 0.1) is 0 Å². The topological polar surface area (TPSA) is 34.2 Å². The maximum absolute atomic E-state index is 12.0. The van der Waals surface area contributed by atoms with Gasteiger partial charge in [-0.1, -0.05) is 13.0 Å². The summed E-state index contributed by atoms with van der Waals surface area (Å²) in [5.74, 6) is 0.355. The van der Waals surface area contributed by atoms with Crippen molar-refractivity contribution in [1.29, 1.82) is 0 Å². The van der Waals surface area contributed by atoms with Crippen molar-refractivity contribution in [2.75, 3.05) is 13.1 Å². The second kappa shape index (κ2) is 4.74. The second-order valence-corrected chi connectivity index (χ2v) is 3.92. The Kier molecular flexibility index (Phi) is 3.33. The Balaban J connectivity index is 2.26. The minimum atomic E-state index is -2.81. The molecule has 0 saturated heterocycles. The first-order chi connectivity index (χ1) is 7.66. The highest BCUT2D eigenvalue weighted by atomic mass is 19.3. The van der Waals surface area contributed by atoms with Gasteiger partial charge in [-0.2, -0.15) is 8.78 Å². The van der Waals surface area contributed by atoms with Crippen LogP contribution < -0.4 is 10.1 Å². The number of nitrogens with one attached hydrogen (secondary N) is 1. The van der Waals surface area contributed by atoms with Crippen LogP contribution in [0.2, 0.25) is 0 Å². The minimum absolute atomic E-state index is 0.00264. The third-order valence-electron chi connectivity index (χ3n) is 2.71. The van der Waals surface area contributed by atoms with Crippen molar-refractivity contribution < 1.29 is 13.5 Å². The zero-order chi connectivity index (χ0) is 11.5. The lowest BCUT2D eigenvalue weighted by molar-refractivity contribution is -0.0529. The molecule has 16 heavy (non-hydrogen) atoms. The van der Waals surface area contributed by atoms with E-state index >= 15 is 0 Å². The average Bonchev–Trinajstić information content (AvgIpc) is 2.40. The van der Waals surface area contributed by atoms with Gasteiger partial charge in [0.2, 0.25) is 5.88 Å². The molecule has 1 aromatic rings. The van der Waals surface area contributed by atoms with Crippen molar-refractivity contribution in [2.24, 2.45) is 0 Å². The van der Waals surface area contributed by atoms with Crippen LogP contribution in [0.5, 0.6) is 5.88 Å². The van der Waals surface area contributed by atoms with Crippen LogP contribution in [0.25, 0.3) is 0 Å². The number of nitrogens with zero attached hydrogens (tertiary/aromatic N) is 1. The maximum atomic E-state index is 12.0. The molecule has 0 saturated carbocycles. The Bertz CT molecular complexity index is 371. The van der Waals surface area contributed by atoms with E-state index in [1.807, 2.05) is 6.07 Å². The summed E-state index contributed by atoms with van der Waals surface area (Å²) in [6.45, 7) is 0.991. The number of hydrogen-bond acceptors (Lipinski definition) is 3. The molecule has 0 aliphatic carbocycles. The normalized spacial score (nSPS) is 20.4. The lowest BCUT2D eigenvalue weighted by Crippen LogP contribution is -2.18. The van der Waals surface area contributed by atoms with Crippen LogP contribution in [-0.4, -0.2) is 24.7 Å². The van der Waals surface area contributed by atoms with Gasteiger partial charge in [-0.3, -0.25) is 0 Å². The smallest absolute Gasteiger partial charge is 0.388 e. The number of ether oxygens (including phenoxy) is 1. The maximum Gasteiger partial charge on any atom is 0.388 e. The molecule has 88 valence electrons. The fourth-order valence-electron chi connectivity index (χ4n) is 1.93. The molecule has 1 atom stereocenters. The van der Waals surface area contributed by atoms with E-state index in [9.17, 15) is 8.78 Å². The fourth-order valence-corrected chi connectivity index (χ4v) is 1.93. The van der Waals surface area contributed by atoms with Gasteiger partial charge in [0.1, 0.15) is 0 Å². The fraction of sp³-hybridized carbons (Fsp3) is 0.545. The highest BCUT2D eigenvalue weighted by Crippen LogP contribution is 2.23. The Hall–Kier alpha value is -1.23. The number of pyridine rings is 1. The first kappa shape index (κ1) is 11.3. The zero-order valence-corrected chi connectivity index (χ0v) is 9.04. The first-order valence-electron chi connectivity index (χ1n) is 5.32. The van der Waals surface area contributed by atoms with Crippen molar-refractivity contribution in [1.82, 2.24) is 10.3 Å². The molecule has 1 aliphatic rings. The van der Waals surface area contributed by atoms with E-state index in [0.29, 0.717) is 5.92 Å². The van der Waals surface area contributed by atoms with Gasteiger partial charge in [-0.05, 0) is 11.5 Å². The first-order valence-corrected chi connectivity index (χ1v) is 5.32. The van der Waals surface area contributed by atoms with Crippen LogP contribution in [0.15, 0.2) is 12.1 Å². The molecule has 1 aliphatic heterocycles. The number of rotatable bonds is 2. The predicted molar refractivity (Wildman–Crippen MR) is 55.9 cm³/mol. The molecule has 0 spiro atoms. The standard InChI is InChI=1S/C11H14F2N2O/c1-7-6-14-5-4-9-8(7)2-3-10(15-9)16-11(12)13/h2-3,7,11,14H,4-6H2,1H3. The Morgan fingerprint density at radius 1 is 1.50 bits per heavy atom. The van der Waals surface area contributed by atoms with E-state index in [4.69, 9.17) is 0 Å². The van der Waals surface area contributed by atoms with Gasteiger partial charge < -0.3 is 10.1 Å². The van der Waals surface area contributed by atoms with E-state index < -0.39 is 6.61 Å².